The zero-order chi connectivity index (χ0) is 32.1. The Labute approximate surface area is 254 Å². The number of unbranched alkanes of at least 4 members (excludes halogenated alkanes) is 5. The molecule has 2 fully saturated rings. The van der Waals surface area contributed by atoms with Gasteiger partial charge in [0.25, 0.3) is 15.7 Å². The molecule has 0 radical (unpaired) electrons. The summed E-state index contributed by atoms with van der Waals surface area (Å²) in [5, 5.41) is 5.46. The Hall–Kier alpha value is -3.35. The average molecular weight is 643 g/mol. The number of hydrogen-bond donors (Lipinski definition) is 2. The molecule has 0 aliphatic heterocycles. The quantitative estimate of drug-likeness (QED) is 0.176. The van der Waals surface area contributed by atoms with Crippen LogP contribution in [0.4, 0.5) is 23.2 Å². The minimum absolute atomic E-state index is 0.00115. The standard InChI is InChI=1S/C31H38F4N2O6S/c1-3-4-5-6-7-8-14-43-26-17-23(25(42-2)18-24(26)32)29(38)37-28-20-13-12-19(15-20)27(28)30(39)36-21-10-9-11-22(16-21)44(40,41)31(33,34)35/h9-11,16-20,27-28H,3-8,12-15H2,1-2H3,(H,36,39)(H,37,38)/t19-,20+,27+,28-/m1/s1. The number of ether oxygens (including phenoxy) is 2. The van der Waals surface area contributed by atoms with Crippen LogP contribution in [0.5, 0.6) is 11.5 Å². The summed E-state index contributed by atoms with van der Waals surface area (Å²) in [6, 6.07) is 5.74. The Morgan fingerprint density at radius 1 is 0.977 bits per heavy atom. The zero-order valence-electron chi connectivity index (χ0n) is 24.7. The number of methoxy groups -OCH3 is 1. The van der Waals surface area contributed by atoms with Crippen molar-refractivity contribution >= 4 is 27.3 Å². The molecule has 0 aromatic heterocycles. The van der Waals surface area contributed by atoms with E-state index in [1.165, 1.54) is 19.2 Å². The number of anilines is 1. The fraction of sp³-hybridized carbons (Fsp3) is 0.548. The molecule has 4 atom stereocenters. The highest BCUT2D eigenvalue weighted by molar-refractivity contribution is 7.92. The number of carbonyl (C=O) groups excluding carboxylic acids is 2. The summed E-state index contributed by atoms with van der Waals surface area (Å²) < 4.78 is 88.5. The van der Waals surface area contributed by atoms with Crippen molar-refractivity contribution in [3.05, 3.63) is 47.8 Å². The Bertz CT molecular complexity index is 1450. The lowest BCUT2D eigenvalue weighted by atomic mass is 9.83. The number of halogens is 4. The SMILES string of the molecule is CCCCCCCCOc1cc(C(=O)N[C@@H]2[C@H]3CC[C@H](C3)[C@@H]2C(=O)Nc2cccc(S(=O)(=O)C(F)(F)F)c2)c(OC)cc1F. The van der Waals surface area contributed by atoms with E-state index in [1.54, 1.807) is 0 Å². The Balaban J connectivity index is 1.47. The maximum absolute atomic E-state index is 14.7. The molecule has 0 spiro atoms. The third-order valence-electron chi connectivity index (χ3n) is 8.49. The second-order valence-corrected chi connectivity index (χ2v) is 13.4. The van der Waals surface area contributed by atoms with Gasteiger partial charge in [-0.2, -0.15) is 13.2 Å². The molecule has 0 unspecified atom stereocenters. The van der Waals surface area contributed by atoms with Crippen molar-refractivity contribution in [2.75, 3.05) is 19.0 Å². The highest BCUT2D eigenvalue weighted by Gasteiger charge is 2.52. The molecule has 4 rings (SSSR count). The Morgan fingerprint density at radius 2 is 1.68 bits per heavy atom. The zero-order valence-corrected chi connectivity index (χ0v) is 25.5. The van der Waals surface area contributed by atoms with Crippen LogP contribution in [0.3, 0.4) is 0 Å². The fourth-order valence-corrected chi connectivity index (χ4v) is 7.07. The minimum atomic E-state index is -5.60. The lowest BCUT2D eigenvalue weighted by molar-refractivity contribution is -0.122. The lowest BCUT2D eigenvalue weighted by Crippen LogP contribution is -2.48. The van der Waals surface area contributed by atoms with E-state index in [0.717, 1.165) is 75.6 Å². The van der Waals surface area contributed by atoms with Crippen molar-refractivity contribution in [2.45, 2.75) is 81.2 Å². The molecule has 8 nitrogen and oxygen atoms in total. The van der Waals surface area contributed by atoms with E-state index in [9.17, 15) is 35.6 Å². The van der Waals surface area contributed by atoms with Crippen LogP contribution in [0.2, 0.25) is 0 Å². The van der Waals surface area contributed by atoms with Crippen LogP contribution < -0.4 is 20.1 Å². The van der Waals surface area contributed by atoms with Gasteiger partial charge in [-0.05, 0) is 61.8 Å². The molecule has 2 aromatic carbocycles. The number of nitrogens with one attached hydrogen (secondary N) is 2. The van der Waals surface area contributed by atoms with Gasteiger partial charge >= 0.3 is 5.51 Å². The van der Waals surface area contributed by atoms with Crippen molar-refractivity contribution < 1.29 is 45.0 Å². The van der Waals surface area contributed by atoms with Crippen molar-refractivity contribution in [1.29, 1.82) is 0 Å². The maximum atomic E-state index is 14.7. The molecule has 2 amide bonds. The van der Waals surface area contributed by atoms with E-state index in [2.05, 4.69) is 17.6 Å². The van der Waals surface area contributed by atoms with Gasteiger partial charge in [0.05, 0.1) is 30.1 Å². The first kappa shape index (κ1) is 33.5. The third kappa shape index (κ3) is 7.47. The van der Waals surface area contributed by atoms with Gasteiger partial charge in [0.2, 0.25) is 5.91 Å². The first-order valence-electron chi connectivity index (χ1n) is 14.9. The largest absolute Gasteiger partial charge is 0.501 e. The first-order valence-corrected chi connectivity index (χ1v) is 16.4. The number of alkyl halides is 3. The van der Waals surface area contributed by atoms with E-state index in [0.29, 0.717) is 6.42 Å². The van der Waals surface area contributed by atoms with Gasteiger partial charge in [-0.1, -0.05) is 45.1 Å². The number of sulfone groups is 1. The monoisotopic (exact) mass is 642 g/mol. The summed E-state index contributed by atoms with van der Waals surface area (Å²) in [6.07, 6.45) is 8.34. The summed E-state index contributed by atoms with van der Waals surface area (Å²) in [5.41, 5.74) is -5.56. The first-order chi connectivity index (χ1) is 20.9. The highest BCUT2D eigenvalue weighted by Crippen LogP contribution is 2.49. The predicted molar refractivity (Wildman–Crippen MR) is 156 cm³/mol. The van der Waals surface area contributed by atoms with Crippen molar-refractivity contribution in [3.63, 3.8) is 0 Å². The molecule has 242 valence electrons. The van der Waals surface area contributed by atoms with Crippen LogP contribution in [0.25, 0.3) is 0 Å². The summed E-state index contributed by atoms with van der Waals surface area (Å²) >= 11 is 0. The maximum Gasteiger partial charge on any atom is 0.501 e. The van der Waals surface area contributed by atoms with Crippen LogP contribution >= 0.6 is 0 Å². The molecule has 2 saturated carbocycles. The van der Waals surface area contributed by atoms with E-state index in [4.69, 9.17) is 9.47 Å². The number of benzene rings is 2. The number of carbonyl (C=O) groups is 2. The third-order valence-corrected chi connectivity index (χ3v) is 9.97. The molecule has 13 heteroatoms. The van der Waals surface area contributed by atoms with E-state index in [-0.39, 0.29) is 41.2 Å². The summed E-state index contributed by atoms with van der Waals surface area (Å²) in [5.74, 6) is -2.70. The van der Waals surface area contributed by atoms with Gasteiger partial charge in [-0.25, -0.2) is 12.8 Å². The normalized spacial score (nSPS) is 21.2. The lowest BCUT2D eigenvalue weighted by Gasteiger charge is -2.31. The van der Waals surface area contributed by atoms with Crippen LogP contribution in [-0.4, -0.2) is 45.5 Å². The Kier molecular flexibility index (Phi) is 10.8. The van der Waals surface area contributed by atoms with Crippen molar-refractivity contribution in [2.24, 2.45) is 17.8 Å². The summed E-state index contributed by atoms with van der Waals surface area (Å²) in [4.78, 5) is 25.9. The van der Waals surface area contributed by atoms with Gasteiger partial charge in [0.1, 0.15) is 5.75 Å². The molecule has 2 aromatic rings. The summed E-state index contributed by atoms with van der Waals surface area (Å²) in [6.45, 7) is 2.42. The van der Waals surface area contributed by atoms with Gasteiger partial charge in [-0.3, -0.25) is 9.59 Å². The molecule has 2 bridgehead atoms. The number of fused-ring (bicyclic) bond motifs is 2. The minimum Gasteiger partial charge on any atom is -0.496 e. The van der Waals surface area contributed by atoms with E-state index in [1.807, 2.05) is 0 Å². The van der Waals surface area contributed by atoms with Crippen molar-refractivity contribution in [1.82, 2.24) is 5.32 Å². The second kappa shape index (κ2) is 14.2. The molecule has 44 heavy (non-hydrogen) atoms. The molecular formula is C31H38F4N2O6S. The van der Waals surface area contributed by atoms with Crippen molar-refractivity contribution in [3.8, 4) is 11.5 Å². The molecular weight excluding hydrogens is 604 g/mol. The summed E-state index contributed by atoms with van der Waals surface area (Å²) in [7, 11) is -4.29. The van der Waals surface area contributed by atoms with Gasteiger partial charge < -0.3 is 20.1 Å². The van der Waals surface area contributed by atoms with E-state index < -0.39 is 49.8 Å². The van der Waals surface area contributed by atoms with Crippen LogP contribution in [-0.2, 0) is 14.6 Å². The molecule has 2 aliphatic carbocycles. The van der Waals surface area contributed by atoms with Crippen LogP contribution in [0.15, 0.2) is 41.3 Å². The number of rotatable bonds is 14. The Morgan fingerprint density at radius 3 is 2.39 bits per heavy atom. The molecule has 0 saturated heterocycles. The molecule has 2 aliphatic rings. The van der Waals surface area contributed by atoms with Crippen LogP contribution in [0.1, 0.15) is 75.1 Å². The smallest absolute Gasteiger partial charge is 0.496 e. The molecule has 2 N–H and O–H groups in total. The second-order valence-electron chi connectivity index (χ2n) is 11.4. The molecule has 0 heterocycles. The number of hydrogen-bond acceptors (Lipinski definition) is 6. The fourth-order valence-electron chi connectivity index (χ4n) is 6.26. The topological polar surface area (TPSA) is 111 Å². The van der Waals surface area contributed by atoms with E-state index >= 15 is 0 Å². The van der Waals surface area contributed by atoms with Gasteiger partial charge in [-0.15, -0.1) is 0 Å². The van der Waals surface area contributed by atoms with Crippen LogP contribution in [0, 0.1) is 23.6 Å². The highest BCUT2D eigenvalue weighted by atomic mass is 32.2. The average Bonchev–Trinajstić information content (AvgIpc) is 3.59. The van der Waals surface area contributed by atoms with Gasteiger partial charge in [0, 0.05) is 17.8 Å². The predicted octanol–water partition coefficient (Wildman–Crippen LogP) is 6.65. The van der Waals surface area contributed by atoms with Gasteiger partial charge in [0.15, 0.2) is 11.6 Å². The number of amides is 2.